The summed E-state index contributed by atoms with van der Waals surface area (Å²) in [7, 11) is 3.13. The van der Waals surface area contributed by atoms with Gasteiger partial charge in [-0.05, 0) is 61.0 Å². The van der Waals surface area contributed by atoms with E-state index >= 15 is 0 Å². The Kier molecular flexibility index (Phi) is 7.95. The van der Waals surface area contributed by atoms with Crippen molar-refractivity contribution in [3.05, 3.63) is 77.9 Å². The van der Waals surface area contributed by atoms with Crippen molar-refractivity contribution in [3.63, 3.8) is 0 Å². The molecule has 0 atom stereocenters. The summed E-state index contributed by atoms with van der Waals surface area (Å²) in [5.74, 6) is 1.59. The van der Waals surface area contributed by atoms with Crippen molar-refractivity contribution in [3.8, 4) is 17.2 Å². The highest BCUT2D eigenvalue weighted by atomic mass is 16.5. The average Bonchev–Trinajstić information content (AvgIpc) is 2.91. The molecular formula is C28H31N3O5. The molecule has 1 fully saturated rings. The summed E-state index contributed by atoms with van der Waals surface area (Å²) in [6, 6.07) is 20.5. The van der Waals surface area contributed by atoms with E-state index in [4.69, 9.17) is 14.2 Å². The van der Waals surface area contributed by atoms with Crippen LogP contribution in [0.15, 0.2) is 66.7 Å². The first kappa shape index (κ1) is 24.9. The Hall–Kier alpha value is -4.20. The summed E-state index contributed by atoms with van der Waals surface area (Å²) < 4.78 is 16.1. The molecule has 8 heteroatoms. The zero-order valence-electron chi connectivity index (χ0n) is 20.8. The molecule has 1 aliphatic rings. The van der Waals surface area contributed by atoms with Gasteiger partial charge in [-0.25, -0.2) is 0 Å². The quantitative estimate of drug-likeness (QED) is 0.515. The van der Waals surface area contributed by atoms with E-state index in [1.54, 1.807) is 32.4 Å². The number of nitrogens with zero attached hydrogens (tertiary/aromatic N) is 2. The number of methoxy groups -OCH3 is 2. The molecule has 36 heavy (non-hydrogen) atoms. The first-order valence-electron chi connectivity index (χ1n) is 11.8. The van der Waals surface area contributed by atoms with E-state index in [-0.39, 0.29) is 18.4 Å². The fraction of sp³-hybridized carbons (Fsp3) is 0.286. The van der Waals surface area contributed by atoms with E-state index in [1.807, 2.05) is 60.4 Å². The topological polar surface area (TPSA) is 80.3 Å². The number of carbonyl (C=O) groups excluding carboxylic acids is 2. The lowest BCUT2D eigenvalue weighted by Gasteiger charge is -2.36. The lowest BCUT2D eigenvalue weighted by molar-refractivity contribution is -0.118. The molecule has 4 rings (SSSR count). The Balaban J connectivity index is 1.28. The number of anilines is 2. The third-order valence-electron chi connectivity index (χ3n) is 6.04. The number of piperazine rings is 1. The number of amides is 2. The predicted octanol–water partition coefficient (Wildman–Crippen LogP) is 3.99. The Labute approximate surface area is 211 Å². The van der Waals surface area contributed by atoms with E-state index < -0.39 is 0 Å². The maximum atomic E-state index is 13.0. The van der Waals surface area contributed by atoms with Crippen LogP contribution in [0.1, 0.15) is 15.9 Å². The van der Waals surface area contributed by atoms with Crippen LogP contribution in [-0.4, -0.2) is 63.7 Å². The maximum absolute atomic E-state index is 13.0. The average molecular weight is 490 g/mol. The van der Waals surface area contributed by atoms with Crippen molar-refractivity contribution in [1.82, 2.24) is 4.90 Å². The van der Waals surface area contributed by atoms with Gasteiger partial charge in [0.15, 0.2) is 6.61 Å². The standard InChI is InChI=1S/C28H31N3O5/c1-20-5-4-6-24(15-20)36-19-27(32)29-22-7-9-23(10-8-22)30-11-13-31(14-12-30)28(33)21-16-25(34-2)18-26(17-21)35-3/h4-10,15-18H,11-14,19H2,1-3H3,(H,29,32). The normalized spacial score (nSPS) is 13.2. The molecule has 8 nitrogen and oxygen atoms in total. The largest absolute Gasteiger partial charge is 0.497 e. The van der Waals surface area contributed by atoms with Crippen LogP contribution in [0.2, 0.25) is 0 Å². The number of ether oxygens (including phenoxy) is 3. The van der Waals surface area contributed by atoms with Crippen LogP contribution >= 0.6 is 0 Å². The number of hydrogen-bond donors (Lipinski definition) is 1. The lowest BCUT2D eigenvalue weighted by Crippen LogP contribution is -2.48. The van der Waals surface area contributed by atoms with Crippen molar-refractivity contribution < 1.29 is 23.8 Å². The van der Waals surface area contributed by atoms with Crippen molar-refractivity contribution in [1.29, 1.82) is 0 Å². The molecule has 0 saturated carbocycles. The molecule has 0 aromatic heterocycles. The highest BCUT2D eigenvalue weighted by Crippen LogP contribution is 2.25. The van der Waals surface area contributed by atoms with Gasteiger partial charge in [0.2, 0.25) is 0 Å². The molecular weight excluding hydrogens is 458 g/mol. The summed E-state index contributed by atoms with van der Waals surface area (Å²) in [5, 5.41) is 2.86. The molecule has 1 saturated heterocycles. The van der Waals surface area contributed by atoms with Crippen LogP contribution in [0.5, 0.6) is 17.2 Å². The van der Waals surface area contributed by atoms with E-state index in [2.05, 4.69) is 10.2 Å². The summed E-state index contributed by atoms with van der Waals surface area (Å²) >= 11 is 0. The van der Waals surface area contributed by atoms with Gasteiger partial charge in [-0.15, -0.1) is 0 Å². The second-order valence-electron chi connectivity index (χ2n) is 8.58. The van der Waals surface area contributed by atoms with Crippen molar-refractivity contribution in [2.45, 2.75) is 6.92 Å². The number of rotatable bonds is 8. The van der Waals surface area contributed by atoms with Gasteiger partial charge >= 0.3 is 0 Å². The minimum atomic E-state index is -0.217. The summed E-state index contributed by atoms with van der Waals surface area (Å²) in [4.78, 5) is 29.4. The third kappa shape index (κ3) is 6.27. The zero-order chi connectivity index (χ0) is 25.5. The van der Waals surface area contributed by atoms with Gasteiger partial charge in [0.05, 0.1) is 14.2 Å². The van der Waals surface area contributed by atoms with E-state index in [9.17, 15) is 9.59 Å². The van der Waals surface area contributed by atoms with Crippen LogP contribution in [0.4, 0.5) is 11.4 Å². The summed E-state index contributed by atoms with van der Waals surface area (Å²) in [5.41, 5.74) is 3.37. The minimum Gasteiger partial charge on any atom is -0.497 e. The Morgan fingerprint density at radius 2 is 1.50 bits per heavy atom. The summed E-state index contributed by atoms with van der Waals surface area (Å²) in [6.45, 7) is 4.55. The van der Waals surface area contributed by atoms with E-state index in [1.165, 1.54) is 0 Å². The fourth-order valence-electron chi connectivity index (χ4n) is 4.09. The summed E-state index contributed by atoms with van der Waals surface area (Å²) in [6.07, 6.45) is 0. The molecule has 0 bridgehead atoms. The second-order valence-corrected chi connectivity index (χ2v) is 8.58. The van der Waals surface area contributed by atoms with Crippen LogP contribution in [0.25, 0.3) is 0 Å². The van der Waals surface area contributed by atoms with Crippen LogP contribution < -0.4 is 24.4 Å². The molecule has 1 aliphatic heterocycles. The van der Waals surface area contributed by atoms with Crippen LogP contribution in [0, 0.1) is 6.92 Å². The second kappa shape index (κ2) is 11.5. The minimum absolute atomic E-state index is 0.0437. The highest BCUT2D eigenvalue weighted by Gasteiger charge is 2.23. The van der Waals surface area contributed by atoms with Gasteiger partial charge in [0.1, 0.15) is 17.2 Å². The maximum Gasteiger partial charge on any atom is 0.262 e. The first-order chi connectivity index (χ1) is 17.4. The zero-order valence-corrected chi connectivity index (χ0v) is 20.8. The molecule has 0 unspecified atom stereocenters. The number of aryl methyl sites for hydroxylation is 1. The van der Waals surface area contributed by atoms with Gasteiger partial charge in [0.25, 0.3) is 11.8 Å². The van der Waals surface area contributed by atoms with Crippen molar-refractivity contribution >= 4 is 23.2 Å². The van der Waals surface area contributed by atoms with E-state index in [0.29, 0.717) is 54.7 Å². The molecule has 188 valence electrons. The lowest BCUT2D eigenvalue weighted by atomic mass is 10.1. The first-order valence-corrected chi connectivity index (χ1v) is 11.8. The predicted molar refractivity (Wildman–Crippen MR) is 139 cm³/mol. The fourth-order valence-corrected chi connectivity index (χ4v) is 4.09. The third-order valence-corrected chi connectivity index (χ3v) is 6.04. The molecule has 0 aliphatic carbocycles. The number of benzene rings is 3. The molecule has 3 aromatic carbocycles. The van der Waals surface area contributed by atoms with Crippen LogP contribution in [0.3, 0.4) is 0 Å². The molecule has 3 aromatic rings. The number of hydrogen-bond acceptors (Lipinski definition) is 6. The Morgan fingerprint density at radius 3 is 2.11 bits per heavy atom. The van der Waals surface area contributed by atoms with Gasteiger partial charge in [-0.3, -0.25) is 9.59 Å². The Morgan fingerprint density at radius 1 is 0.833 bits per heavy atom. The highest BCUT2D eigenvalue weighted by molar-refractivity contribution is 5.95. The smallest absolute Gasteiger partial charge is 0.262 e. The SMILES string of the molecule is COc1cc(OC)cc(C(=O)N2CCN(c3ccc(NC(=O)COc4cccc(C)c4)cc3)CC2)c1. The van der Waals surface area contributed by atoms with Gasteiger partial charge in [-0.1, -0.05) is 12.1 Å². The molecule has 1 heterocycles. The van der Waals surface area contributed by atoms with Gasteiger partial charge < -0.3 is 29.3 Å². The molecule has 0 spiro atoms. The van der Waals surface area contributed by atoms with Crippen LogP contribution in [-0.2, 0) is 4.79 Å². The van der Waals surface area contributed by atoms with Gasteiger partial charge in [0, 0.05) is 49.2 Å². The molecule has 2 amide bonds. The van der Waals surface area contributed by atoms with Crippen molar-refractivity contribution in [2.75, 3.05) is 57.2 Å². The molecule has 0 radical (unpaired) electrons. The number of carbonyl (C=O) groups is 2. The van der Waals surface area contributed by atoms with Gasteiger partial charge in [-0.2, -0.15) is 0 Å². The number of nitrogens with one attached hydrogen (secondary N) is 1. The van der Waals surface area contributed by atoms with E-state index in [0.717, 1.165) is 11.3 Å². The Bertz CT molecular complexity index is 1180. The molecule has 1 N–H and O–H groups in total. The van der Waals surface area contributed by atoms with Crippen molar-refractivity contribution in [2.24, 2.45) is 0 Å². The monoisotopic (exact) mass is 489 g/mol.